The average Bonchev–Trinajstić information content (AvgIpc) is 2.28. The van der Waals surface area contributed by atoms with Crippen molar-refractivity contribution in [1.29, 1.82) is 0 Å². The van der Waals surface area contributed by atoms with E-state index in [4.69, 9.17) is 0 Å². The van der Waals surface area contributed by atoms with Crippen molar-refractivity contribution < 1.29 is 5.11 Å². The van der Waals surface area contributed by atoms with Crippen LogP contribution < -0.4 is 5.32 Å². The largest absolute Gasteiger partial charge is 0.388 e. The summed E-state index contributed by atoms with van der Waals surface area (Å²) in [6.07, 6.45) is 2.51. The second-order valence-electron chi connectivity index (χ2n) is 7.01. The van der Waals surface area contributed by atoms with E-state index in [1.165, 1.54) is 19.4 Å². The molecule has 2 N–H and O–H groups in total. The van der Waals surface area contributed by atoms with Crippen LogP contribution in [0.2, 0.25) is 0 Å². The van der Waals surface area contributed by atoms with Crippen molar-refractivity contribution in [3.05, 3.63) is 0 Å². The lowest BCUT2D eigenvalue weighted by atomic mass is 9.95. The Morgan fingerprint density at radius 2 is 1.89 bits per heavy atom. The van der Waals surface area contributed by atoms with Crippen LogP contribution in [0.3, 0.4) is 0 Å². The normalized spacial score (nSPS) is 22.1. The van der Waals surface area contributed by atoms with Crippen molar-refractivity contribution in [3.63, 3.8) is 0 Å². The molecule has 1 aliphatic heterocycles. The Bertz CT molecular complexity index is 246. The molecule has 4 heteroatoms. The van der Waals surface area contributed by atoms with Gasteiger partial charge in [-0.15, -0.1) is 0 Å². The minimum absolute atomic E-state index is 0.428. The molecule has 0 saturated carbocycles. The Balaban J connectivity index is 2.27. The molecule has 0 bridgehead atoms. The second kappa shape index (κ2) is 7.58. The second-order valence-corrected chi connectivity index (χ2v) is 7.01. The van der Waals surface area contributed by atoms with Gasteiger partial charge in [0.05, 0.1) is 5.60 Å². The third-order valence-corrected chi connectivity index (χ3v) is 3.79. The van der Waals surface area contributed by atoms with Crippen molar-refractivity contribution in [2.45, 2.75) is 45.3 Å². The topological polar surface area (TPSA) is 38.7 Å². The lowest BCUT2D eigenvalue weighted by molar-refractivity contribution is 0.00764. The monoisotopic (exact) mass is 271 g/mol. The fourth-order valence-electron chi connectivity index (χ4n) is 2.81. The van der Waals surface area contributed by atoms with Gasteiger partial charge in [0.2, 0.25) is 0 Å². The zero-order valence-corrected chi connectivity index (χ0v) is 13.4. The first-order valence-corrected chi connectivity index (χ1v) is 7.61. The summed E-state index contributed by atoms with van der Waals surface area (Å²) < 4.78 is 0. The highest BCUT2D eigenvalue weighted by atomic mass is 16.3. The summed E-state index contributed by atoms with van der Waals surface area (Å²) >= 11 is 0. The highest BCUT2D eigenvalue weighted by molar-refractivity contribution is 4.83. The molecule has 1 unspecified atom stereocenters. The number of hydrogen-bond donors (Lipinski definition) is 2. The zero-order valence-electron chi connectivity index (χ0n) is 13.4. The van der Waals surface area contributed by atoms with Gasteiger partial charge in [-0.25, -0.2) is 0 Å². The molecule has 0 spiro atoms. The van der Waals surface area contributed by atoms with Crippen molar-refractivity contribution in [2.75, 3.05) is 46.8 Å². The first-order valence-electron chi connectivity index (χ1n) is 7.61. The van der Waals surface area contributed by atoms with E-state index in [9.17, 15) is 5.11 Å². The SMILES string of the molecule is CC(C)NCC(C)(O)CN1CCC(CN(C)C)CC1. The van der Waals surface area contributed by atoms with E-state index in [0.717, 1.165) is 25.6 Å². The Kier molecular flexibility index (Phi) is 6.74. The summed E-state index contributed by atoms with van der Waals surface area (Å²) in [4.78, 5) is 4.69. The third kappa shape index (κ3) is 7.25. The first kappa shape index (κ1) is 16.9. The molecule has 0 amide bonds. The van der Waals surface area contributed by atoms with Crippen LogP contribution in [0, 0.1) is 5.92 Å². The molecule has 1 heterocycles. The fourth-order valence-corrected chi connectivity index (χ4v) is 2.81. The van der Waals surface area contributed by atoms with Gasteiger partial charge in [0.15, 0.2) is 0 Å². The molecule has 0 aromatic heterocycles. The van der Waals surface area contributed by atoms with E-state index in [-0.39, 0.29) is 0 Å². The predicted octanol–water partition coefficient (Wildman–Crippen LogP) is 1.01. The first-order chi connectivity index (χ1) is 8.78. The van der Waals surface area contributed by atoms with E-state index in [1.54, 1.807) is 0 Å². The van der Waals surface area contributed by atoms with Crippen LogP contribution in [0.25, 0.3) is 0 Å². The van der Waals surface area contributed by atoms with Crippen molar-refractivity contribution in [3.8, 4) is 0 Å². The van der Waals surface area contributed by atoms with E-state index in [1.807, 2.05) is 6.92 Å². The number of aliphatic hydroxyl groups is 1. The molecule has 1 aliphatic rings. The molecule has 1 fully saturated rings. The van der Waals surface area contributed by atoms with Gasteiger partial charge in [0.1, 0.15) is 0 Å². The van der Waals surface area contributed by atoms with Crippen LogP contribution >= 0.6 is 0 Å². The van der Waals surface area contributed by atoms with Gasteiger partial charge in [-0.2, -0.15) is 0 Å². The number of hydrogen-bond acceptors (Lipinski definition) is 4. The minimum atomic E-state index is -0.626. The Labute approximate surface area is 119 Å². The van der Waals surface area contributed by atoms with Crippen LogP contribution in [-0.4, -0.2) is 73.4 Å². The van der Waals surface area contributed by atoms with Crippen molar-refractivity contribution in [1.82, 2.24) is 15.1 Å². The molecule has 1 saturated heterocycles. The van der Waals surface area contributed by atoms with Crippen LogP contribution in [0.15, 0.2) is 0 Å². The summed E-state index contributed by atoms with van der Waals surface area (Å²) in [6, 6.07) is 0.428. The van der Waals surface area contributed by atoms with Gasteiger partial charge >= 0.3 is 0 Å². The quantitative estimate of drug-likeness (QED) is 0.725. The lowest BCUT2D eigenvalue weighted by Gasteiger charge is -2.37. The van der Waals surface area contributed by atoms with E-state index >= 15 is 0 Å². The molecule has 0 radical (unpaired) electrons. The van der Waals surface area contributed by atoms with Gasteiger partial charge in [-0.1, -0.05) is 13.8 Å². The maximum atomic E-state index is 10.4. The molecular formula is C15H33N3O. The predicted molar refractivity (Wildman–Crippen MR) is 81.5 cm³/mol. The number of nitrogens with one attached hydrogen (secondary N) is 1. The van der Waals surface area contributed by atoms with E-state index in [2.05, 4.69) is 43.1 Å². The van der Waals surface area contributed by atoms with Crippen LogP contribution in [0.1, 0.15) is 33.6 Å². The van der Waals surface area contributed by atoms with Gasteiger partial charge in [-0.05, 0) is 52.9 Å². The number of rotatable bonds is 7. The summed E-state index contributed by atoms with van der Waals surface area (Å²) in [5.41, 5.74) is -0.626. The maximum absolute atomic E-state index is 10.4. The van der Waals surface area contributed by atoms with E-state index in [0.29, 0.717) is 12.6 Å². The summed E-state index contributed by atoms with van der Waals surface area (Å²) in [5, 5.41) is 13.7. The van der Waals surface area contributed by atoms with Crippen LogP contribution in [-0.2, 0) is 0 Å². The zero-order chi connectivity index (χ0) is 14.5. The van der Waals surface area contributed by atoms with Crippen LogP contribution in [0.5, 0.6) is 0 Å². The fraction of sp³-hybridized carbons (Fsp3) is 1.00. The van der Waals surface area contributed by atoms with Gasteiger partial charge in [0.25, 0.3) is 0 Å². The Morgan fingerprint density at radius 1 is 1.32 bits per heavy atom. The number of β-amino-alcohol motifs (C(OH)–C–C–N with tert-alkyl or cyclic N) is 1. The summed E-state index contributed by atoms with van der Waals surface area (Å²) in [6.45, 7) is 11.1. The molecule has 114 valence electrons. The maximum Gasteiger partial charge on any atom is 0.0869 e. The summed E-state index contributed by atoms with van der Waals surface area (Å²) in [7, 11) is 4.30. The molecule has 1 atom stereocenters. The van der Waals surface area contributed by atoms with E-state index < -0.39 is 5.60 Å². The van der Waals surface area contributed by atoms with Crippen molar-refractivity contribution in [2.24, 2.45) is 5.92 Å². The molecule has 19 heavy (non-hydrogen) atoms. The Hall–Kier alpha value is -0.160. The molecule has 0 aliphatic carbocycles. The van der Waals surface area contributed by atoms with Gasteiger partial charge in [0, 0.05) is 25.7 Å². The number of piperidine rings is 1. The number of nitrogens with zero attached hydrogens (tertiary/aromatic N) is 2. The molecular weight excluding hydrogens is 238 g/mol. The van der Waals surface area contributed by atoms with Crippen molar-refractivity contribution >= 4 is 0 Å². The molecule has 0 aromatic carbocycles. The molecule has 1 rings (SSSR count). The van der Waals surface area contributed by atoms with Gasteiger partial charge in [-0.3, -0.25) is 0 Å². The Morgan fingerprint density at radius 3 is 2.37 bits per heavy atom. The summed E-state index contributed by atoms with van der Waals surface area (Å²) in [5.74, 6) is 0.824. The smallest absolute Gasteiger partial charge is 0.0869 e. The highest BCUT2D eigenvalue weighted by Crippen LogP contribution is 2.19. The van der Waals surface area contributed by atoms with Crippen LogP contribution in [0.4, 0.5) is 0 Å². The number of likely N-dealkylation sites (tertiary alicyclic amines) is 1. The highest BCUT2D eigenvalue weighted by Gasteiger charge is 2.27. The average molecular weight is 271 g/mol. The third-order valence-electron chi connectivity index (χ3n) is 3.79. The lowest BCUT2D eigenvalue weighted by Crippen LogP contribution is -2.50. The molecule has 0 aromatic rings. The molecule has 4 nitrogen and oxygen atoms in total. The standard InChI is InChI=1S/C15H33N3O/c1-13(2)16-11-15(3,19)12-18-8-6-14(7-9-18)10-17(4)5/h13-14,16,19H,6-12H2,1-5H3. The van der Waals surface area contributed by atoms with Gasteiger partial charge < -0.3 is 20.2 Å². The minimum Gasteiger partial charge on any atom is -0.388 e.